The van der Waals surface area contributed by atoms with Crippen LogP contribution in [0.25, 0.3) is 0 Å². The maximum atomic E-state index is 5.99. The van der Waals surface area contributed by atoms with Crippen molar-refractivity contribution in [1.82, 2.24) is 9.80 Å². The summed E-state index contributed by atoms with van der Waals surface area (Å²) < 4.78 is 0. The summed E-state index contributed by atoms with van der Waals surface area (Å²) in [6, 6.07) is 1.86. The van der Waals surface area contributed by atoms with Gasteiger partial charge in [0.25, 0.3) is 0 Å². The number of piperazine rings is 1. The van der Waals surface area contributed by atoms with E-state index in [1.54, 1.807) is 0 Å². The van der Waals surface area contributed by atoms with Gasteiger partial charge in [0, 0.05) is 31.2 Å². The highest BCUT2D eigenvalue weighted by molar-refractivity contribution is 5.85. The number of likely N-dealkylation sites (tertiary alicyclic amines) is 1. The molecule has 0 amide bonds. The number of likely N-dealkylation sites (N-methyl/N-ethyl adjacent to an activating group) is 2. The minimum Gasteiger partial charge on any atom is -0.328 e. The SMILES string of the molecule is CN1C[C@H]2C[C@@H](N)C[C@@H](C1)N2C.Cl. The molecule has 0 radical (unpaired) electrons. The molecule has 2 rings (SSSR count). The van der Waals surface area contributed by atoms with Crippen LogP contribution in [0, 0.1) is 0 Å². The van der Waals surface area contributed by atoms with E-state index in [1.165, 1.54) is 25.9 Å². The molecule has 3 nitrogen and oxygen atoms in total. The number of halogens is 1. The van der Waals surface area contributed by atoms with Crippen molar-refractivity contribution in [3.63, 3.8) is 0 Å². The molecule has 0 aromatic carbocycles. The molecule has 0 unspecified atom stereocenters. The molecule has 78 valence electrons. The fourth-order valence-electron chi connectivity index (χ4n) is 2.63. The summed E-state index contributed by atoms with van der Waals surface area (Å²) in [6.45, 7) is 2.39. The van der Waals surface area contributed by atoms with Crippen LogP contribution in [0.2, 0.25) is 0 Å². The second-order valence-corrected chi connectivity index (χ2v) is 4.43. The first-order valence-corrected chi connectivity index (χ1v) is 4.83. The van der Waals surface area contributed by atoms with E-state index in [4.69, 9.17) is 5.73 Å². The summed E-state index contributed by atoms with van der Waals surface area (Å²) in [7, 11) is 4.46. The Bertz CT molecular complexity index is 146. The lowest BCUT2D eigenvalue weighted by Crippen LogP contribution is -2.62. The summed E-state index contributed by atoms with van der Waals surface area (Å²) in [5.41, 5.74) is 5.99. The van der Waals surface area contributed by atoms with Gasteiger partial charge in [-0.15, -0.1) is 12.4 Å². The van der Waals surface area contributed by atoms with E-state index in [0.717, 1.165) is 0 Å². The van der Waals surface area contributed by atoms with Crippen molar-refractivity contribution < 1.29 is 0 Å². The zero-order chi connectivity index (χ0) is 8.72. The Morgan fingerprint density at radius 3 is 2.00 bits per heavy atom. The lowest BCUT2D eigenvalue weighted by molar-refractivity contribution is 0.0141. The van der Waals surface area contributed by atoms with E-state index in [-0.39, 0.29) is 12.4 Å². The molecule has 2 saturated heterocycles. The predicted octanol–water partition coefficient (Wildman–Crippen LogP) is 0.144. The van der Waals surface area contributed by atoms with Crippen LogP contribution in [-0.4, -0.2) is 55.1 Å². The van der Waals surface area contributed by atoms with E-state index in [0.29, 0.717) is 18.1 Å². The molecule has 3 atom stereocenters. The van der Waals surface area contributed by atoms with Crippen molar-refractivity contribution in [1.29, 1.82) is 0 Å². The van der Waals surface area contributed by atoms with Crippen molar-refractivity contribution in [2.24, 2.45) is 5.73 Å². The summed E-state index contributed by atoms with van der Waals surface area (Å²) in [5.74, 6) is 0. The first-order valence-electron chi connectivity index (χ1n) is 4.83. The highest BCUT2D eigenvalue weighted by Crippen LogP contribution is 2.25. The number of hydrogen-bond acceptors (Lipinski definition) is 3. The molecule has 0 saturated carbocycles. The summed E-state index contributed by atoms with van der Waals surface area (Å²) >= 11 is 0. The minimum absolute atomic E-state index is 0. The number of rotatable bonds is 0. The molecule has 2 fully saturated rings. The van der Waals surface area contributed by atoms with Crippen molar-refractivity contribution >= 4 is 12.4 Å². The van der Waals surface area contributed by atoms with Crippen LogP contribution in [0.15, 0.2) is 0 Å². The molecule has 0 spiro atoms. The Hall–Kier alpha value is 0.170. The first kappa shape index (κ1) is 11.2. The maximum absolute atomic E-state index is 5.99. The Labute approximate surface area is 86.7 Å². The summed E-state index contributed by atoms with van der Waals surface area (Å²) in [6.07, 6.45) is 2.36. The molecule has 0 aliphatic carbocycles. The molecular weight excluding hydrogens is 186 g/mol. The first-order chi connectivity index (χ1) is 5.66. The Balaban J connectivity index is 0.000000845. The van der Waals surface area contributed by atoms with E-state index in [9.17, 15) is 0 Å². The highest BCUT2D eigenvalue weighted by atomic mass is 35.5. The number of piperidine rings is 1. The van der Waals surface area contributed by atoms with Crippen molar-refractivity contribution in [3.05, 3.63) is 0 Å². The molecular formula is C9H20ClN3. The van der Waals surface area contributed by atoms with Gasteiger partial charge in [0.05, 0.1) is 0 Å². The highest BCUT2D eigenvalue weighted by Gasteiger charge is 2.36. The number of nitrogens with two attached hydrogens (primary N) is 1. The average molecular weight is 206 g/mol. The van der Waals surface area contributed by atoms with Gasteiger partial charge in [-0.3, -0.25) is 4.90 Å². The number of nitrogens with zero attached hydrogens (tertiary/aromatic N) is 2. The van der Waals surface area contributed by atoms with Crippen LogP contribution in [0.1, 0.15) is 12.8 Å². The second kappa shape index (κ2) is 4.13. The number of fused-ring (bicyclic) bond motifs is 2. The lowest BCUT2D eigenvalue weighted by Gasteiger charge is -2.49. The monoisotopic (exact) mass is 205 g/mol. The van der Waals surface area contributed by atoms with Crippen molar-refractivity contribution in [2.45, 2.75) is 31.0 Å². The largest absolute Gasteiger partial charge is 0.328 e. The molecule has 2 aliphatic heterocycles. The van der Waals surface area contributed by atoms with Gasteiger partial charge < -0.3 is 10.6 Å². The zero-order valence-electron chi connectivity index (χ0n) is 8.44. The fourth-order valence-corrected chi connectivity index (χ4v) is 2.63. The van der Waals surface area contributed by atoms with E-state index < -0.39 is 0 Å². The minimum atomic E-state index is 0. The second-order valence-electron chi connectivity index (χ2n) is 4.43. The summed E-state index contributed by atoms with van der Waals surface area (Å²) in [5, 5.41) is 0. The van der Waals surface area contributed by atoms with E-state index in [2.05, 4.69) is 23.9 Å². The smallest absolute Gasteiger partial charge is 0.0238 e. The third-order valence-corrected chi connectivity index (χ3v) is 3.35. The van der Waals surface area contributed by atoms with Gasteiger partial charge in [-0.05, 0) is 26.9 Å². The van der Waals surface area contributed by atoms with Crippen LogP contribution >= 0.6 is 12.4 Å². The maximum Gasteiger partial charge on any atom is 0.0238 e. The molecule has 0 aromatic rings. The third kappa shape index (κ3) is 2.15. The van der Waals surface area contributed by atoms with Gasteiger partial charge in [-0.25, -0.2) is 0 Å². The quantitative estimate of drug-likeness (QED) is 0.611. The van der Waals surface area contributed by atoms with Gasteiger partial charge in [0.1, 0.15) is 0 Å². The van der Waals surface area contributed by atoms with Gasteiger partial charge in [-0.1, -0.05) is 0 Å². The zero-order valence-corrected chi connectivity index (χ0v) is 9.26. The Morgan fingerprint density at radius 2 is 1.54 bits per heavy atom. The Morgan fingerprint density at radius 1 is 1.08 bits per heavy atom. The molecule has 2 bridgehead atoms. The van der Waals surface area contributed by atoms with Gasteiger partial charge in [-0.2, -0.15) is 0 Å². The fraction of sp³-hybridized carbons (Fsp3) is 1.00. The molecule has 2 N–H and O–H groups in total. The van der Waals surface area contributed by atoms with E-state index >= 15 is 0 Å². The van der Waals surface area contributed by atoms with Gasteiger partial charge in [0.2, 0.25) is 0 Å². The summed E-state index contributed by atoms with van der Waals surface area (Å²) in [4.78, 5) is 4.95. The normalized spacial score (nSPS) is 41.3. The van der Waals surface area contributed by atoms with Crippen LogP contribution in [0.4, 0.5) is 0 Å². The van der Waals surface area contributed by atoms with Gasteiger partial charge in [0.15, 0.2) is 0 Å². The molecule has 13 heavy (non-hydrogen) atoms. The average Bonchev–Trinajstić information content (AvgIpc) is 1.94. The third-order valence-electron chi connectivity index (χ3n) is 3.35. The molecule has 2 heterocycles. The van der Waals surface area contributed by atoms with Crippen molar-refractivity contribution in [2.75, 3.05) is 27.2 Å². The van der Waals surface area contributed by atoms with Crippen LogP contribution in [0.5, 0.6) is 0 Å². The molecule has 4 heteroatoms. The van der Waals surface area contributed by atoms with Crippen molar-refractivity contribution in [3.8, 4) is 0 Å². The lowest BCUT2D eigenvalue weighted by atomic mass is 9.89. The van der Waals surface area contributed by atoms with Gasteiger partial charge >= 0.3 is 0 Å². The predicted molar refractivity (Wildman–Crippen MR) is 57.3 cm³/mol. The number of hydrogen-bond donors (Lipinski definition) is 1. The molecule has 2 aliphatic rings. The molecule has 0 aromatic heterocycles. The Kier molecular flexibility index (Phi) is 3.57. The standard InChI is InChI=1S/C9H19N3.ClH/c1-11-5-8-3-7(10)4-9(6-11)12(8)2;/h7-9H,3-6,10H2,1-2H3;1H/t7-,8-,9+;. The topological polar surface area (TPSA) is 32.5 Å². The van der Waals surface area contributed by atoms with Crippen LogP contribution in [-0.2, 0) is 0 Å². The van der Waals surface area contributed by atoms with Crippen LogP contribution in [0.3, 0.4) is 0 Å². The van der Waals surface area contributed by atoms with Crippen LogP contribution < -0.4 is 5.73 Å². The van der Waals surface area contributed by atoms with E-state index in [1.807, 2.05) is 0 Å².